The van der Waals surface area contributed by atoms with Gasteiger partial charge in [0.2, 0.25) is 0 Å². The van der Waals surface area contributed by atoms with Gasteiger partial charge in [-0.05, 0) is 24.5 Å². The fourth-order valence-electron chi connectivity index (χ4n) is 1.99. The molecule has 2 rings (SSSR count). The van der Waals surface area contributed by atoms with Gasteiger partial charge in [-0.2, -0.15) is 0 Å². The summed E-state index contributed by atoms with van der Waals surface area (Å²) < 4.78 is 0. The number of nitro groups is 1. The van der Waals surface area contributed by atoms with Crippen molar-refractivity contribution in [2.75, 3.05) is 0 Å². The molecule has 1 aliphatic carbocycles. The lowest BCUT2D eigenvalue weighted by Crippen LogP contribution is -2.41. The predicted octanol–water partition coefficient (Wildman–Crippen LogP) is 2.23. The van der Waals surface area contributed by atoms with Crippen molar-refractivity contribution in [3.63, 3.8) is 0 Å². The number of amides is 1. The maximum atomic E-state index is 12.1. The van der Waals surface area contributed by atoms with Crippen LogP contribution >= 0.6 is 11.6 Å². The molecule has 0 spiro atoms. The summed E-state index contributed by atoms with van der Waals surface area (Å²) in [6, 6.07) is 2.58. The SMILES string of the molecule is O=C(NC(CC1CC1)C(=O)O)c1ccc(Cl)cc1[N+](=O)[O-]. The van der Waals surface area contributed by atoms with Crippen LogP contribution in [-0.4, -0.2) is 27.9 Å². The van der Waals surface area contributed by atoms with Gasteiger partial charge in [-0.15, -0.1) is 0 Å². The predicted molar refractivity (Wildman–Crippen MR) is 74.3 cm³/mol. The first-order valence-corrected chi connectivity index (χ1v) is 6.74. The number of nitro benzene ring substituents is 1. The number of carboxylic acid groups (broad SMARTS) is 1. The van der Waals surface area contributed by atoms with E-state index in [1.165, 1.54) is 12.1 Å². The van der Waals surface area contributed by atoms with E-state index in [0.717, 1.165) is 18.9 Å². The van der Waals surface area contributed by atoms with Crippen LogP contribution in [0.25, 0.3) is 0 Å². The minimum Gasteiger partial charge on any atom is -0.480 e. The van der Waals surface area contributed by atoms with Gasteiger partial charge in [-0.3, -0.25) is 14.9 Å². The van der Waals surface area contributed by atoms with Crippen molar-refractivity contribution in [2.45, 2.75) is 25.3 Å². The van der Waals surface area contributed by atoms with Gasteiger partial charge in [-0.1, -0.05) is 24.4 Å². The van der Waals surface area contributed by atoms with Crippen LogP contribution < -0.4 is 5.32 Å². The number of hydrogen-bond acceptors (Lipinski definition) is 4. The molecule has 1 atom stereocenters. The molecule has 0 radical (unpaired) electrons. The largest absolute Gasteiger partial charge is 0.480 e. The van der Waals surface area contributed by atoms with Gasteiger partial charge in [0.1, 0.15) is 11.6 Å². The fraction of sp³-hybridized carbons (Fsp3) is 0.385. The van der Waals surface area contributed by atoms with Gasteiger partial charge in [0.15, 0.2) is 0 Å². The molecule has 8 heteroatoms. The zero-order valence-electron chi connectivity index (χ0n) is 10.9. The van der Waals surface area contributed by atoms with Crippen molar-refractivity contribution in [3.05, 3.63) is 38.9 Å². The summed E-state index contributed by atoms with van der Waals surface area (Å²) in [6.45, 7) is 0. The minimum absolute atomic E-state index is 0.131. The number of carbonyl (C=O) groups excluding carboxylic acids is 1. The highest BCUT2D eigenvalue weighted by atomic mass is 35.5. The number of hydrogen-bond donors (Lipinski definition) is 2. The first kappa shape index (κ1) is 15.2. The Bertz CT molecular complexity index is 600. The Morgan fingerprint density at radius 3 is 2.67 bits per heavy atom. The monoisotopic (exact) mass is 312 g/mol. The average Bonchev–Trinajstić information content (AvgIpc) is 3.21. The van der Waals surface area contributed by atoms with E-state index in [4.69, 9.17) is 16.7 Å². The second kappa shape index (κ2) is 6.09. The highest BCUT2D eigenvalue weighted by Crippen LogP contribution is 2.33. The topological polar surface area (TPSA) is 110 Å². The van der Waals surface area contributed by atoms with E-state index in [1.54, 1.807) is 0 Å². The van der Waals surface area contributed by atoms with Crippen molar-refractivity contribution in [2.24, 2.45) is 5.92 Å². The number of nitrogens with one attached hydrogen (secondary N) is 1. The molecule has 0 aromatic heterocycles. The molecule has 112 valence electrons. The zero-order valence-corrected chi connectivity index (χ0v) is 11.7. The van der Waals surface area contributed by atoms with E-state index in [-0.39, 0.29) is 10.6 Å². The Kier molecular flexibility index (Phi) is 4.42. The van der Waals surface area contributed by atoms with Crippen LogP contribution in [0.2, 0.25) is 5.02 Å². The molecule has 2 N–H and O–H groups in total. The number of rotatable bonds is 6. The molecule has 1 aliphatic rings. The Morgan fingerprint density at radius 1 is 1.48 bits per heavy atom. The van der Waals surface area contributed by atoms with E-state index < -0.39 is 28.5 Å². The first-order valence-electron chi connectivity index (χ1n) is 6.36. The second-order valence-corrected chi connectivity index (χ2v) is 5.40. The smallest absolute Gasteiger partial charge is 0.326 e. The molecule has 1 saturated carbocycles. The number of aliphatic carboxylic acids is 1. The van der Waals surface area contributed by atoms with Gasteiger partial charge in [0.25, 0.3) is 11.6 Å². The standard InChI is InChI=1S/C13H13ClN2O5/c14-8-3-4-9(11(6-8)16(20)21)12(17)15-10(13(18)19)5-7-1-2-7/h3-4,6-7,10H,1-2,5H2,(H,15,17)(H,18,19). The number of carboxylic acids is 1. The van der Waals surface area contributed by atoms with Crippen molar-refractivity contribution < 1.29 is 19.6 Å². The van der Waals surface area contributed by atoms with Gasteiger partial charge < -0.3 is 10.4 Å². The quantitative estimate of drug-likeness (QED) is 0.618. The maximum Gasteiger partial charge on any atom is 0.326 e. The lowest BCUT2D eigenvalue weighted by molar-refractivity contribution is -0.385. The molecule has 1 unspecified atom stereocenters. The summed E-state index contributed by atoms with van der Waals surface area (Å²) in [5.41, 5.74) is -0.651. The number of nitrogens with zero attached hydrogens (tertiary/aromatic N) is 1. The first-order chi connectivity index (χ1) is 9.88. The van der Waals surface area contributed by atoms with Crippen LogP contribution in [0, 0.1) is 16.0 Å². The van der Waals surface area contributed by atoms with Crippen LogP contribution in [0.4, 0.5) is 5.69 Å². The summed E-state index contributed by atoms with van der Waals surface area (Å²) in [5.74, 6) is -1.63. The van der Waals surface area contributed by atoms with E-state index in [1.807, 2.05) is 0 Å². The molecule has 0 bridgehead atoms. The third-order valence-corrected chi connectivity index (χ3v) is 3.51. The van der Waals surface area contributed by atoms with Crippen LogP contribution in [-0.2, 0) is 4.79 Å². The molecule has 1 aromatic carbocycles. The van der Waals surface area contributed by atoms with Gasteiger partial charge in [-0.25, -0.2) is 4.79 Å². The average molecular weight is 313 g/mol. The van der Waals surface area contributed by atoms with Crippen LogP contribution in [0.15, 0.2) is 18.2 Å². The third kappa shape index (κ3) is 3.91. The highest BCUT2D eigenvalue weighted by molar-refractivity contribution is 6.31. The summed E-state index contributed by atoms with van der Waals surface area (Å²) in [7, 11) is 0. The van der Waals surface area contributed by atoms with Crippen molar-refractivity contribution in [3.8, 4) is 0 Å². The fourth-order valence-corrected chi connectivity index (χ4v) is 2.16. The van der Waals surface area contributed by atoms with Crippen molar-refractivity contribution in [1.29, 1.82) is 0 Å². The van der Waals surface area contributed by atoms with E-state index >= 15 is 0 Å². The van der Waals surface area contributed by atoms with E-state index in [2.05, 4.69) is 5.32 Å². The molecule has 0 aliphatic heterocycles. The molecular weight excluding hydrogens is 300 g/mol. The number of carbonyl (C=O) groups is 2. The van der Waals surface area contributed by atoms with E-state index in [0.29, 0.717) is 12.3 Å². The summed E-state index contributed by atoms with van der Waals surface area (Å²) in [5, 5.41) is 22.5. The number of halogens is 1. The Hall–Kier alpha value is -2.15. The number of benzene rings is 1. The molecule has 0 heterocycles. The molecular formula is C13H13ClN2O5. The summed E-state index contributed by atoms with van der Waals surface area (Å²) >= 11 is 5.67. The zero-order chi connectivity index (χ0) is 15.6. The maximum absolute atomic E-state index is 12.1. The molecule has 1 aromatic rings. The van der Waals surface area contributed by atoms with Crippen LogP contribution in [0.5, 0.6) is 0 Å². The van der Waals surface area contributed by atoms with E-state index in [9.17, 15) is 19.7 Å². The van der Waals surface area contributed by atoms with Gasteiger partial charge in [0.05, 0.1) is 4.92 Å². The molecule has 1 fully saturated rings. The summed E-state index contributed by atoms with van der Waals surface area (Å²) in [6.07, 6.45) is 2.23. The second-order valence-electron chi connectivity index (χ2n) is 4.96. The van der Waals surface area contributed by atoms with Gasteiger partial charge >= 0.3 is 5.97 Å². The Balaban J connectivity index is 2.18. The van der Waals surface area contributed by atoms with Crippen LogP contribution in [0.1, 0.15) is 29.6 Å². The molecule has 7 nitrogen and oxygen atoms in total. The lowest BCUT2D eigenvalue weighted by atomic mass is 10.1. The Morgan fingerprint density at radius 2 is 2.14 bits per heavy atom. The summed E-state index contributed by atoms with van der Waals surface area (Å²) in [4.78, 5) is 33.4. The third-order valence-electron chi connectivity index (χ3n) is 3.27. The Labute approximate surface area is 125 Å². The minimum atomic E-state index is -1.15. The molecule has 1 amide bonds. The molecule has 0 saturated heterocycles. The highest BCUT2D eigenvalue weighted by Gasteiger charge is 2.31. The van der Waals surface area contributed by atoms with Gasteiger partial charge in [0, 0.05) is 11.1 Å². The van der Waals surface area contributed by atoms with Crippen molar-refractivity contribution in [1.82, 2.24) is 5.32 Å². The van der Waals surface area contributed by atoms with Crippen molar-refractivity contribution >= 4 is 29.2 Å². The normalized spacial score (nSPS) is 15.3. The lowest BCUT2D eigenvalue weighted by Gasteiger charge is -2.14. The molecule has 21 heavy (non-hydrogen) atoms. The van der Waals surface area contributed by atoms with Crippen LogP contribution in [0.3, 0.4) is 0 Å².